The normalized spacial score (nSPS) is 31.3. The fourth-order valence-corrected chi connectivity index (χ4v) is 7.23. The van der Waals surface area contributed by atoms with Crippen molar-refractivity contribution in [3.63, 3.8) is 0 Å². The molecule has 142 valence electrons. The third-order valence-corrected chi connectivity index (χ3v) is 7.86. The van der Waals surface area contributed by atoms with Crippen LogP contribution in [-0.4, -0.2) is 16.4 Å². The quantitative estimate of drug-likeness (QED) is 0.806. The Morgan fingerprint density at radius 2 is 1.67 bits per heavy atom. The molecule has 3 nitrogen and oxygen atoms in total. The van der Waals surface area contributed by atoms with Gasteiger partial charge < -0.3 is 5.32 Å². The molecule has 0 radical (unpaired) electrons. The Kier molecular flexibility index (Phi) is 4.15. The van der Waals surface area contributed by atoms with Crippen molar-refractivity contribution in [2.75, 3.05) is 0 Å². The van der Waals surface area contributed by atoms with Gasteiger partial charge in [0.15, 0.2) is 0 Å². The molecule has 2 aromatic rings. The minimum Gasteiger partial charge on any atom is -0.350 e. The molecule has 4 bridgehead atoms. The molecule has 4 heteroatoms. The standard InChI is InChI=1S/C23H28N2OS/c1-14-3-5-19(6-4-14)22-20(27-15(2)24-22)10-21(26)25-23-11-16-7-17(12-23)9-18(8-16)13-23/h3-6,16-18H,7-13H2,1-2H3,(H,25,26). The van der Waals surface area contributed by atoms with E-state index < -0.39 is 0 Å². The molecular weight excluding hydrogens is 352 g/mol. The Balaban J connectivity index is 1.34. The number of rotatable bonds is 4. The molecule has 1 aromatic heterocycles. The van der Waals surface area contributed by atoms with E-state index in [-0.39, 0.29) is 11.4 Å². The van der Waals surface area contributed by atoms with Crippen LogP contribution in [0.15, 0.2) is 24.3 Å². The van der Waals surface area contributed by atoms with Crippen LogP contribution in [0.1, 0.15) is 54.0 Å². The van der Waals surface area contributed by atoms with Gasteiger partial charge in [-0.05, 0) is 70.1 Å². The number of hydrogen-bond acceptors (Lipinski definition) is 3. The first-order chi connectivity index (χ1) is 13.0. The molecule has 1 aromatic carbocycles. The first-order valence-electron chi connectivity index (χ1n) is 10.3. The lowest BCUT2D eigenvalue weighted by Gasteiger charge is -2.56. The van der Waals surface area contributed by atoms with E-state index in [4.69, 9.17) is 4.98 Å². The monoisotopic (exact) mass is 380 g/mol. The summed E-state index contributed by atoms with van der Waals surface area (Å²) in [4.78, 5) is 18.8. The SMILES string of the molecule is Cc1ccc(-c2nc(C)sc2CC(=O)NC23CC4CC(CC(C4)C2)C3)cc1. The number of nitrogens with zero attached hydrogens (tertiary/aromatic N) is 1. The van der Waals surface area contributed by atoms with Gasteiger partial charge >= 0.3 is 0 Å². The van der Waals surface area contributed by atoms with Crippen molar-refractivity contribution in [1.29, 1.82) is 0 Å². The molecule has 0 atom stereocenters. The molecule has 1 amide bonds. The Labute approximate surface area is 165 Å². The number of amides is 1. The highest BCUT2D eigenvalue weighted by Gasteiger charge is 2.51. The van der Waals surface area contributed by atoms with Crippen molar-refractivity contribution < 1.29 is 4.79 Å². The van der Waals surface area contributed by atoms with Gasteiger partial charge in [0.1, 0.15) is 0 Å². The topological polar surface area (TPSA) is 42.0 Å². The highest BCUT2D eigenvalue weighted by atomic mass is 32.1. The van der Waals surface area contributed by atoms with Crippen LogP contribution in [0.3, 0.4) is 0 Å². The van der Waals surface area contributed by atoms with Crippen LogP contribution in [0.25, 0.3) is 11.3 Å². The van der Waals surface area contributed by atoms with Crippen molar-refractivity contribution in [1.82, 2.24) is 10.3 Å². The summed E-state index contributed by atoms with van der Waals surface area (Å²) in [5.41, 5.74) is 3.43. The van der Waals surface area contributed by atoms with Crippen LogP contribution < -0.4 is 5.32 Å². The van der Waals surface area contributed by atoms with Gasteiger partial charge in [-0.25, -0.2) is 4.98 Å². The number of aromatic nitrogens is 1. The molecule has 4 aliphatic carbocycles. The summed E-state index contributed by atoms with van der Waals surface area (Å²) in [6.45, 7) is 4.12. The molecule has 4 fully saturated rings. The second kappa shape index (κ2) is 6.44. The zero-order valence-electron chi connectivity index (χ0n) is 16.3. The van der Waals surface area contributed by atoms with Crippen LogP contribution in [0.4, 0.5) is 0 Å². The number of carbonyl (C=O) groups excluding carboxylic acids is 1. The predicted octanol–water partition coefficient (Wildman–Crippen LogP) is 5.05. The summed E-state index contributed by atoms with van der Waals surface area (Å²) in [6.07, 6.45) is 8.28. The number of benzene rings is 1. The van der Waals surface area contributed by atoms with E-state index in [2.05, 4.69) is 36.5 Å². The molecule has 27 heavy (non-hydrogen) atoms. The van der Waals surface area contributed by atoms with Gasteiger partial charge in [-0.1, -0.05) is 29.8 Å². The Bertz CT molecular complexity index is 832. The summed E-state index contributed by atoms with van der Waals surface area (Å²) in [6, 6.07) is 8.46. The molecule has 0 saturated heterocycles. The number of thiazole rings is 1. The molecule has 6 rings (SSSR count). The second-order valence-electron chi connectivity index (χ2n) is 9.29. The summed E-state index contributed by atoms with van der Waals surface area (Å²) in [5.74, 6) is 2.75. The maximum atomic E-state index is 13.0. The lowest BCUT2D eigenvalue weighted by Crippen LogP contribution is -2.60. The average molecular weight is 381 g/mol. The lowest BCUT2D eigenvalue weighted by molar-refractivity contribution is -0.126. The molecule has 0 unspecified atom stereocenters. The molecule has 4 saturated carbocycles. The van der Waals surface area contributed by atoms with Gasteiger partial charge in [-0.15, -0.1) is 11.3 Å². The molecular formula is C23H28N2OS. The van der Waals surface area contributed by atoms with Gasteiger partial charge in [-0.3, -0.25) is 4.79 Å². The average Bonchev–Trinajstić information content (AvgIpc) is 2.93. The van der Waals surface area contributed by atoms with Crippen LogP contribution >= 0.6 is 11.3 Å². The van der Waals surface area contributed by atoms with Gasteiger partial charge in [0.25, 0.3) is 0 Å². The summed E-state index contributed by atoms with van der Waals surface area (Å²) in [5, 5.41) is 4.54. The Hall–Kier alpha value is -1.68. The van der Waals surface area contributed by atoms with Crippen molar-refractivity contribution in [2.45, 2.75) is 64.3 Å². The third-order valence-electron chi connectivity index (χ3n) is 6.89. The van der Waals surface area contributed by atoms with Gasteiger partial charge in [-0.2, -0.15) is 0 Å². The van der Waals surface area contributed by atoms with Crippen molar-refractivity contribution in [2.24, 2.45) is 17.8 Å². The second-order valence-corrected chi connectivity index (χ2v) is 10.6. The maximum absolute atomic E-state index is 13.0. The smallest absolute Gasteiger partial charge is 0.225 e. The molecule has 1 heterocycles. The lowest BCUT2D eigenvalue weighted by atomic mass is 9.53. The van der Waals surface area contributed by atoms with E-state index in [9.17, 15) is 4.79 Å². The highest BCUT2D eigenvalue weighted by molar-refractivity contribution is 7.12. The minimum atomic E-state index is 0.0928. The van der Waals surface area contributed by atoms with Crippen molar-refractivity contribution in [3.8, 4) is 11.3 Å². The van der Waals surface area contributed by atoms with Crippen LogP contribution in [0.5, 0.6) is 0 Å². The predicted molar refractivity (Wildman–Crippen MR) is 110 cm³/mol. The maximum Gasteiger partial charge on any atom is 0.225 e. The minimum absolute atomic E-state index is 0.0928. The van der Waals surface area contributed by atoms with E-state index in [1.165, 1.54) is 44.1 Å². The van der Waals surface area contributed by atoms with E-state index in [1.54, 1.807) is 11.3 Å². The number of hydrogen-bond donors (Lipinski definition) is 1. The zero-order valence-corrected chi connectivity index (χ0v) is 17.1. The van der Waals surface area contributed by atoms with Gasteiger partial charge in [0.05, 0.1) is 17.1 Å². The fourth-order valence-electron chi connectivity index (χ4n) is 6.28. The van der Waals surface area contributed by atoms with E-state index in [0.29, 0.717) is 6.42 Å². The van der Waals surface area contributed by atoms with Crippen molar-refractivity contribution in [3.05, 3.63) is 39.7 Å². The van der Waals surface area contributed by atoms with Gasteiger partial charge in [0.2, 0.25) is 5.91 Å². The highest BCUT2D eigenvalue weighted by Crippen LogP contribution is 2.55. The van der Waals surface area contributed by atoms with Gasteiger partial charge in [0, 0.05) is 16.0 Å². The van der Waals surface area contributed by atoms with E-state index >= 15 is 0 Å². The van der Waals surface area contributed by atoms with Crippen LogP contribution in [0.2, 0.25) is 0 Å². The van der Waals surface area contributed by atoms with Crippen LogP contribution in [0, 0.1) is 31.6 Å². The largest absolute Gasteiger partial charge is 0.350 e. The Morgan fingerprint density at radius 3 is 2.26 bits per heavy atom. The third kappa shape index (κ3) is 3.33. The number of aryl methyl sites for hydroxylation is 2. The number of carbonyl (C=O) groups is 1. The van der Waals surface area contributed by atoms with Crippen LogP contribution in [-0.2, 0) is 11.2 Å². The molecule has 4 aliphatic rings. The number of nitrogens with one attached hydrogen (secondary N) is 1. The zero-order chi connectivity index (χ0) is 18.6. The van der Waals surface area contributed by atoms with Crippen molar-refractivity contribution >= 4 is 17.2 Å². The molecule has 0 spiro atoms. The van der Waals surface area contributed by atoms with E-state index in [1.807, 2.05) is 6.92 Å². The first kappa shape index (κ1) is 17.4. The Morgan fingerprint density at radius 1 is 1.07 bits per heavy atom. The first-order valence-corrected chi connectivity index (χ1v) is 11.1. The summed E-state index contributed by atoms with van der Waals surface area (Å²) < 4.78 is 0. The molecule has 1 N–H and O–H groups in total. The summed E-state index contributed by atoms with van der Waals surface area (Å²) >= 11 is 1.66. The fraction of sp³-hybridized carbons (Fsp3) is 0.565. The molecule has 0 aliphatic heterocycles. The summed E-state index contributed by atoms with van der Waals surface area (Å²) in [7, 11) is 0. The van der Waals surface area contributed by atoms with E-state index in [0.717, 1.165) is 38.9 Å².